The van der Waals surface area contributed by atoms with Gasteiger partial charge in [0.05, 0.1) is 0 Å². The number of benzene rings is 1. The molecule has 0 saturated heterocycles. The van der Waals surface area contributed by atoms with Crippen LogP contribution in [-0.4, -0.2) is 11.9 Å². The van der Waals surface area contributed by atoms with Crippen LogP contribution in [0.2, 0.25) is 0 Å². The van der Waals surface area contributed by atoms with Crippen LogP contribution in [0.1, 0.15) is 43.7 Å². The third kappa shape index (κ3) is 6.14. The predicted molar refractivity (Wildman–Crippen MR) is 84.4 cm³/mol. The van der Waals surface area contributed by atoms with Crippen molar-refractivity contribution in [2.45, 2.75) is 39.0 Å². The molecule has 0 amide bonds. The molecule has 19 heavy (non-hydrogen) atoms. The van der Waals surface area contributed by atoms with E-state index in [4.69, 9.17) is 10.8 Å². The summed E-state index contributed by atoms with van der Waals surface area (Å²) in [6.45, 7) is 5.65. The van der Waals surface area contributed by atoms with E-state index in [0.717, 1.165) is 43.4 Å². The molecule has 1 aromatic carbocycles. The summed E-state index contributed by atoms with van der Waals surface area (Å²) in [4.78, 5) is 0. The lowest BCUT2D eigenvalue weighted by atomic mass is 9.91. The quantitative estimate of drug-likeness (QED) is 0.600. The fourth-order valence-electron chi connectivity index (χ4n) is 2.21. The smallest absolute Gasteiger partial charge is 0.00583 e. The number of rotatable bonds is 9. The van der Waals surface area contributed by atoms with Gasteiger partial charge in [0.25, 0.3) is 0 Å². The highest BCUT2D eigenvalue weighted by Gasteiger charge is 2.08. The SMILES string of the molecule is C=Cc1cccc(CCC(CC=N)CCC(C)=N)c1. The largest absolute Gasteiger partial charge is 0.313 e. The Balaban J connectivity index is 2.51. The average Bonchev–Trinajstić information content (AvgIpc) is 2.42. The van der Waals surface area contributed by atoms with Crippen LogP contribution in [-0.2, 0) is 6.42 Å². The Kier molecular flexibility index (Phi) is 6.80. The molecule has 1 aromatic rings. The topological polar surface area (TPSA) is 47.7 Å². The van der Waals surface area contributed by atoms with Crippen molar-refractivity contribution < 1.29 is 0 Å². The maximum Gasteiger partial charge on any atom is 0.00583 e. The summed E-state index contributed by atoms with van der Waals surface area (Å²) in [5.41, 5.74) is 3.24. The lowest BCUT2D eigenvalue weighted by molar-refractivity contribution is 0.477. The van der Waals surface area contributed by atoms with Gasteiger partial charge in [0.2, 0.25) is 0 Å². The van der Waals surface area contributed by atoms with Gasteiger partial charge in [-0.05, 0) is 62.3 Å². The molecule has 0 aromatic heterocycles. The van der Waals surface area contributed by atoms with E-state index in [1.165, 1.54) is 11.8 Å². The summed E-state index contributed by atoms with van der Waals surface area (Å²) in [7, 11) is 0. The third-order valence-corrected chi connectivity index (χ3v) is 3.41. The first-order chi connectivity index (χ1) is 9.15. The first-order valence-electron chi connectivity index (χ1n) is 6.90. The van der Waals surface area contributed by atoms with E-state index in [9.17, 15) is 0 Å². The van der Waals surface area contributed by atoms with Gasteiger partial charge in [-0.1, -0.05) is 36.9 Å². The van der Waals surface area contributed by atoms with Crippen LogP contribution in [0, 0.1) is 16.7 Å². The fraction of sp³-hybridized carbons (Fsp3) is 0.412. The van der Waals surface area contributed by atoms with Gasteiger partial charge < -0.3 is 10.8 Å². The van der Waals surface area contributed by atoms with Crippen LogP contribution in [0.4, 0.5) is 0 Å². The summed E-state index contributed by atoms with van der Waals surface area (Å²) in [5.74, 6) is 0.519. The molecule has 1 rings (SSSR count). The highest BCUT2D eigenvalue weighted by Crippen LogP contribution is 2.19. The molecule has 0 aliphatic carbocycles. The Hall–Kier alpha value is -1.70. The molecule has 102 valence electrons. The molecule has 0 heterocycles. The summed E-state index contributed by atoms with van der Waals surface area (Å²) >= 11 is 0. The van der Waals surface area contributed by atoms with Crippen molar-refractivity contribution in [2.75, 3.05) is 0 Å². The molecule has 1 unspecified atom stereocenters. The van der Waals surface area contributed by atoms with Crippen molar-refractivity contribution in [2.24, 2.45) is 5.92 Å². The molecule has 0 radical (unpaired) electrons. The van der Waals surface area contributed by atoms with E-state index in [1.54, 1.807) is 0 Å². The van der Waals surface area contributed by atoms with E-state index < -0.39 is 0 Å². The zero-order valence-corrected chi connectivity index (χ0v) is 11.8. The number of nitrogens with one attached hydrogen (secondary N) is 2. The molecule has 0 fully saturated rings. The zero-order valence-electron chi connectivity index (χ0n) is 11.8. The second-order valence-electron chi connectivity index (χ2n) is 5.11. The van der Waals surface area contributed by atoms with Crippen molar-refractivity contribution >= 4 is 18.0 Å². The van der Waals surface area contributed by atoms with Crippen LogP contribution >= 0.6 is 0 Å². The third-order valence-electron chi connectivity index (χ3n) is 3.41. The average molecular weight is 256 g/mol. The number of aryl methyl sites for hydroxylation is 1. The normalized spacial score (nSPS) is 11.8. The van der Waals surface area contributed by atoms with Gasteiger partial charge >= 0.3 is 0 Å². The lowest BCUT2D eigenvalue weighted by Crippen LogP contribution is -2.05. The molecule has 0 aliphatic heterocycles. The Labute approximate surface area is 116 Å². The van der Waals surface area contributed by atoms with Crippen LogP contribution in [0.3, 0.4) is 0 Å². The number of hydrogen-bond acceptors (Lipinski definition) is 2. The summed E-state index contributed by atoms with van der Waals surface area (Å²) in [6, 6.07) is 8.45. The predicted octanol–water partition coefficient (Wildman–Crippen LogP) is 4.74. The Morgan fingerprint density at radius 1 is 1.37 bits per heavy atom. The maximum absolute atomic E-state index is 7.50. The summed E-state index contributed by atoms with van der Waals surface area (Å²) in [6.07, 6.45) is 8.20. The fourth-order valence-corrected chi connectivity index (χ4v) is 2.21. The van der Waals surface area contributed by atoms with E-state index in [0.29, 0.717) is 5.92 Å². The Morgan fingerprint density at radius 3 is 2.79 bits per heavy atom. The van der Waals surface area contributed by atoms with Gasteiger partial charge in [-0.15, -0.1) is 0 Å². The van der Waals surface area contributed by atoms with Crippen LogP contribution in [0.5, 0.6) is 0 Å². The van der Waals surface area contributed by atoms with E-state index in [1.807, 2.05) is 13.0 Å². The molecule has 2 N–H and O–H groups in total. The van der Waals surface area contributed by atoms with Crippen molar-refractivity contribution in [1.82, 2.24) is 0 Å². The molecule has 0 spiro atoms. The van der Waals surface area contributed by atoms with E-state index >= 15 is 0 Å². The molecule has 2 nitrogen and oxygen atoms in total. The van der Waals surface area contributed by atoms with Gasteiger partial charge in [0, 0.05) is 5.71 Å². The van der Waals surface area contributed by atoms with Crippen LogP contribution in [0.15, 0.2) is 30.8 Å². The van der Waals surface area contributed by atoms with E-state index in [-0.39, 0.29) is 0 Å². The van der Waals surface area contributed by atoms with Crippen molar-refractivity contribution in [3.63, 3.8) is 0 Å². The highest BCUT2D eigenvalue weighted by atomic mass is 14.4. The minimum Gasteiger partial charge on any atom is -0.313 e. The van der Waals surface area contributed by atoms with Crippen molar-refractivity contribution in [3.8, 4) is 0 Å². The molecule has 0 saturated carbocycles. The van der Waals surface area contributed by atoms with Crippen molar-refractivity contribution in [3.05, 3.63) is 42.0 Å². The first-order valence-corrected chi connectivity index (χ1v) is 6.90. The second kappa shape index (κ2) is 8.41. The zero-order chi connectivity index (χ0) is 14.1. The molecule has 2 heteroatoms. The van der Waals surface area contributed by atoms with Gasteiger partial charge in [-0.2, -0.15) is 0 Å². The van der Waals surface area contributed by atoms with Gasteiger partial charge in [0.1, 0.15) is 0 Å². The van der Waals surface area contributed by atoms with E-state index in [2.05, 4.69) is 30.8 Å². The molecule has 1 atom stereocenters. The van der Waals surface area contributed by atoms with Crippen LogP contribution < -0.4 is 0 Å². The Morgan fingerprint density at radius 2 is 2.16 bits per heavy atom. The monoisotopic (exact) mass is 256 g/mol. The van der Waals surface area contributed by atoms with Gasteiger partial charge in [-0.25, -0.2) is 0 Å². The van der Waals surface area contributed by atoms with Gasteiger partial charge in [0.15, 0.2) is 0 Å². The summed E-state index contributed by atoms with van der Waals surface area (Å²) in [5, 5.41) is 14.8. The van der Waals surface area contributed by atoms with Gasteiger partial charge in [-0.3, -0.25) is 0 Å². The first kappa shape index (κ1) is 15.4. The highest BCUT2D eigenvalue weighted by molar-refractivity contribution is 5.78. The molecule has 0 aliphatic rings. The van der Waals surface area contributed by atoms with Crippen molar-refractivity contribution in [1.29, 1.82) is 10.8 Å². The Bertz CT molecular complexity index is 435. The lowest BCUT2D eigenvalue weighted by Gasteiger charge is -2.14. The molecule has 0 bridgehead atoms. The summed E-state index contributed by atoms with van der Waals surface area (Å²) < 4.78 is 0. The molecular weight excluding hydrogens is 232 g/mol. The standard InChI is InChI=1S/C17H24N2/c1-3-15-5-4-6-17(13-15)10-9-16(11-12-18)8-7-14(2)19/h3-6,12-13,16,18-19H,1,7-11H2,2H3. The minimum absolute atomic E-state index is 0.519. The second-order valence-corrected chi connectivity index (χ2v) is 5.11. The minimum atomic E-state index is 0.519. The maximum atomic E-state index is 7.50. The number of hydrogen-bond donors (Lipinski definition) is 2. The van der Waals surface area contributed by atoms with Crippen LogP contribution in [0.25, 0.3) is 6.08 Å². The molecular formula is C17H24N2.